The number of hydrogen-bond donors (Lipinski definition) is 0. The summed E-state index contributed by atoms with van der Waals surface area (Å²) in [5, 5.41) is 0. The summed E-state index contributed by atoms with van der Waals surface area (Å²) < 4.78 is 0. The van der Waals surface area contributed by atoms with E-state index in [1.54, 1.807) is 0 Å². The SMILES string of the molecule is Cc1cccc(Cc2cccc(C3CCCN(C)C3)n2)c1. The van der Waals surface area contributed by atoms with E-state index in [9.17, 15) is 0 Å². The van der Waals surface area contributed by atoms with E-state index in [2.05, 4.69) is 61.3 Å². The molecule has 2 heteroatoms. The molecule has 0 saturated carbocycles. The van der Waals surface area contributed by atoms with Gasteiger partial charge in [0.05, 0.1) is 0 Å². The minimum Gasteiger partial charge on any atom is -0.306 e. The van der Waals surface area contributed by atoms with Crippen molar-refractivity contribution in [1.82, 2.24) is 9.88 Å². The van der Waals surface area contributed by atoms with Crippen molar-refractivity contribution in [3.05, 3.63) is 65.0 Å². The molecule has 2 heterocycles. The lowest BCUT2D eigenvalue weighted by Crippen LogP contribution is -2.31. The number of rotatable bonds is 3. The number of likely N-dealkylation sites (N-methyl/N-ethyl adjacent to an activating group) is 1. The second-order valence-corrected chi connectivity index (χ2v) is 6.32. The summed E-state index contributed by atoms with van der Waals surface area (Å²) >= 11 is 0. The molecule has 2 nitrogen and oxygen atoms in total. The van der Waals surface area contributed by atoms with Crippen LogP contribution < -0.4 is 0 Å². The van der Waals surface area contributed by atoms with Crippen molar-refractivity contribution >= 4 is 0 Å². The zero-order valence-corrected chi connectivity index (χ0v) is 13.0. The standard InChI is InChI=1S/C19H24N2/c1-15-6-3-7-16(12-15)13-18-9-4-10-19(20-18)17-8-5-11-21(2)14-17/h3-4,6-7,9-10,12,17H,5,8,11,13-14H2,1-2H3. The Bertz CT molecular complexity index is 606. The van der Waals surface area contributed by atoms with Crippen molar-refractivity contribution < 1.29 is 0 Å². The molecule has 1 aromatic carbocycles. The van der Waals surface area contributed by atoms with Gasteiger partial charge in [0.25, 0.3) is 0 Å². The van der Waals surface area contributed by atoms with Crippen LogP contribution >= 0.6 is 0 Å². The van der Waals surface area contributed by atoms with Crippen molar-refractivity contribution in [2.24, 2.45) is 0 Å². The zero-order chi connectivity index (χ0) is 14.7. The van der Waals surface area contributed by atoms with Crippen LogP contribution in [0.1, 0.15) is 41.3 Å². The average molecular weight is 280 g/mol. The van der Waals surface area contributed by atoms with Crippen LogP contribution in [0.2, 0.25) is 0 Å². The Morgan fingerprint density at radius 1 is 1.19 bits per heavy atom. The van der Waals surface area contributed by atoms with Gasteiger partial charge in [-0.15, -0.1) is 0 Å². The van der Waals surface area contributed by atoms with Gasteiger partial charge in [0.2, 0.25) is 0 Å². The van der Waals surface area contributed by atoms with Gasteiger partial charge in [-0.3, -0.25) is 4.98 Å². The van der Waals surface area contributed by atoms with Crippen LogP contribution in [0.5, 0.6) is 0 Å². The third-order valence-corrected chi connectivity index (χ3v) is 4.34. The van der Waals surface area contributed by atoms with Gasteiger partial charge in [-0.1, -0.05) is 35.9 Å². The molecular weight excluding hydrogens is 256 g/mol. The zero-order valence-electron chi connectivity index (χ0n) is 13.0. The molecule has 1 aliphatic heterocycles. The molecule has 1 fully saturated rings. The van der Waals surface area contributed by atoms with Gasteiger partial charge in [0, 0.05) is 30.3 Å². The molecule has 1 atom stereocenters. The van der Waals surface area contributed by atoms with Gasteiger partial charge in [0.15, 0.2) is 0 Å². The van der Waals surface area contributed by atoms with Gasteiger partial charge in [-0.25, -0.2) is 0 Å². The van der Waals surface area contributed by atoms with E-state index in [1.165, 1.54) is 41.9 Å². The van der Waals surface area contributed by atoms with E-state index >= 15 is 0 Å². The van der Waals surface area contributed by atoms with Gasteiger partial charge in [0.1, 0.15) is 0 Å². The van der Waals surface area contributed by atoms with Crippen LogP contribution in [0.3, 0.4) is 0 Å². The number of pyridine rings is 1. The van der Waals surface area contributed by atoms with E-state index in [4.69, 9.17) is 4.98 Å². The minimum absolute atomic E-state index is 0.598. The predicted molar refractivity (Wildman–Crippen MR) is 87.7 cm³/mol. The van der Waals surface area contributed by atoms with E-state index < -0.39 is 0 Å². The molecule has 110 valence electrons. The van der Waals surface area contributed by atoms with Crippen molar-refractivity contribution in [1.29, 1.82) is 0 Å². The quantitative estimate of drug-likeness (QED) is 0.850. The molecule has 1 unspecified atom stereocenters. The number of nitrogens with zero attached hydrogens (tertiary/aromatic N) is 2. The molecule has 3 rings (SSSR count). The maximum atomic E-state index is 4.93. The molecule has 0 aliphatic carbocycles. The summed E-state index contributed by atoms with van der Waals surface area (Å²) in [4.78, 5) is 7.35. The highest BCUT2D eigenvalue weighted by Crippen LogP contribution is 2.25. The smallest absolute Gasteiger partial charge is 0.0450 e. The summed E-state index contributed by atoms with van der Waals surface area (Å²) in [6, 6.07) is 15.2. The van der Waals surface area contributed by atoms with Gasteiger partial charge >= 0.3 is 0 Å². The van der Waals surface area contributed by atoms with Gasteiger partial charge in [-0.05, 0) is 51.1 Å². The second kappa shape index (κ2) is 6.40. The number of likely N-dealkylation sites (tertiary alicyclic amines) is 1. The third-order valence-electron chi connectivity index (χ3n) is 4.34. The van der Waals surface area contributed by atoms with Crippen LogP contribution in [0.4, 0.5) is 0 Å². The molecule has 0 bridgehead atoms. The van der Waals surface area contributed by atoms with Crippen LogP contribution in [0.25, 0.3) is 0 Å². The minimum atomic E-state index is 0.598. The summed E-state index contributed by atoms with van der Waals surface area (Å²) in [6.07, 6.45) is 3.48. The topological polar surface area (TPSA) is 16.1 Å². The Balaban J connectivity index is 1.76. The molecular formula is C19H24N2. The Morgan fingerprint density at radius 2 is 2.05 bits per heavy atom. The molecule has 0 N–H and O–H groups in total. The van der Waals surface area contributed by atoms with Crippen molar-refractivity contribution in [3.8, 4) is 0 Å². The summed E-state index contributed by atoms with van der Waals surface area (Å²) in [5.74, 6) is 0.598. The summed E-state index contributed by atoms with van der Waals surface area (Å²) in [5.41, 5.74) is 5.12. The van der Waals surface area contributed by atoms with E-state index in [-0.39, 0.29) is 0 Å². The largest absolute Gasteiger partial charge is 0.306 e. The van der Waals surface area contributed by atoms with Gasteiger partial charge < -0.3 is 4.90 Å². The average Bonchev–Trinajstić information content (AvgIpc) is 2.47. The first-order chi connectivity index (χ1) is 10.2. The number of hydrogen-bond acceptors (Lipinski definition) is 2. The molecule has 0 radical (unpaired) electrons. The van der Waals surface area contributed by atoms with Gasteiger partial charge in [-0.2, -0.15) is 0 Å². The van der Waals surface area contributed by atoms with Crippen LogP contribution in [0.15, 0.2) is 42.5 Å². The molecule has 21 heavy (non-hydrogen) atoms. The summed E-state index contributed by atoms with van der Waals surface area (Å²) in [7, 11) is 2.21. The van der Waals surface area contributed by atoms with E-state index in [1.807, 2.05) is 0 Å². The molecule has 0 amide bonds. The fourth-order valence-corrected chi connectivity index (χ4v) is 3.26. The Labute approximate surface area is 127 Å². The maximum Gasteiger partial charge on any atom is 0.0450 e. The Kier molecular flexibility index (Phi) is 4.35. The first-order valence-electron chi connectivity index (χ1n) is 7.90. The van der Waals surface area contributed by atoms with Crippen molar-refractivity contribution in [3.63, 3.8) is 0 Å². The fourth-order valence-electron chi connectivity index (χ4n) is 3.26. The number of piperidine rings is 1. The highest BCUT2D eigenvalue weighted by Gasteiger charge is 2.20. The highest BCUT2D eigenvalue weighted by atomic mass is 15.1. The fraction of sp³-hybridized carbons (Fsp3) is 0.421. The monoisotopic (exact) mass is 280 g/mol. The molecule has 1 aromatic heterocycles. The van der Waals surface area contributed by atoms with Crippen LogP contribution in [-0.4, -0.2) is 30.0 Å². The molecule has 0 spiro atoms. The number of aryl methyl sites for hydroxylation is 1. The maximum absolute atomic E-state index is 4.93. The number of benzene rings is 1. The number of aromatic nitrogens is 1. The summed E-state index contributed by atoms with van der Waals surface area (Å²) in [6.45, 7) is 4.51. The predicted octanol–water partition coefficient (Wildman–Crippen LogP) is 3.79. The normalized spacial score (nSPS) is 19.6. The molecule has 1 aliphatic rings. The first-order valence-corrected chi connectivity index (χ1v) is 7.90. The van der Waals surface area contributed by atoms with Crippen LogP contribution in [0, 0.1) is 6.92 Å². The Hall–Kier alpha value is -1.67. The lowest BCUT2D eigenvalue weighted by atomic mass is 9.94. The van der Waals surface area contributed by atoms with E-state index in [0.29, 0.717) is 5.92 Å². The van der Waals surface area contributed by atoms with Crippen LogP contribution in [-0.2, 0) is 6.42 Å². The molecule has 1 saturated heterocycles. The Morgan fingerprint density at radius 3 is 2.86 bits per heavy atom. The highest BCUT2D eigenvalue weighted by molar-refractivity contribution is 5.27. The lowest BCUT2D eigenvalue weighted by molar-refractivity contribution is 0.248. The van der Waals surface area contributed by atoms with Crippen molar-refractivity contribution in [2.75, 3.05) is 20.1 Å². The third kappa shape index (κ3) is 3.70. The van der Waals surface area contributed by atoms with E-state index in [0.717, 1.165) is 13.0 Å². The molecule has 2 aromatic rings. The van der Waals surface area contributed by atoms with Crippen molar-refractivity contribution in [2.45, 2.75) is 32.1 Å². The first kappa shape index (κ1) is 14.3. The second-order valence-electron chi connectivity index (χ2n) is 6.32. The lowest BCUT2D eigenvalue weighted by Gasteiger charge is -2.29.